The standard InChI is InChI=1S/C25H27ClN2O3/c1-3-16-31-21-10-4-18(5-11-21)22-23(27-14-12-17(2)13-15-27)25(30)28(24(22)29)20-8-6-19(26)7-9-20/h4-11,17H,3,12-16H2,1-2H3. The minimum Gasteiger partial charge on any atom is -0.494 e. The molecule has 0 spiro atoms. The molecule has 1 fully saturated rings. The highest BCUT2D eigenvalue weighted by atomic mass is 35.5. The number of likely N-dealkylation sites (tertiary alicyclic amines) is 1. The first kappa shape index (κ1) is 21.4. The number of amides is 2. The molecule has 0 unspecified atom stereocenters. The number of piperidine rings is 1. The van der Waals surface area contributed by atoms with Crippen molar-refractivity contribution < 1.29 is 14.3 Å². The average Bonchev–Trinajstić information content (AvgIpc) is 3.04. The van der Waals surface area contributed by atoms with E-state index in [0.717, 1.165) is 43.7 Å². The second kappa shape index (κ2) is 9.15. The first-order valence-corrected chi connectivity index (χ1v) is 11.2. The zero-order valence-corrected chi connectivity index (χ0v) is 18.7. The number of nitrogens with zero attached hydrogens (tertiary/aromatic N) is 2. The van der Waals surface area contributed by atoms with E-state index >= 15 is 0 Å². The van der Waals surface area contributed by atoms with E-state index in [2.05, 4.69) is 18.7 Å². The van der Waals surface area contributed by atoms with Gasteiger partial charge in [0.2, 0.25) is 0 Å². The third kappa shape index (κ3) is 4.33. The van der Waals surface area contributed by atoms with Crippen LogP contribution in [0, 0.1) is 5.92 Å². The fourth-order valence-electron chi connectivity index (χ4n) is 4.07. The Morgan fingerprint density at radius 1 is 0.968 bits per heavy atom. The number of benzene rings is 2. The summed E-state index contributed by atoms with van der Waals surface area (Å²) in [5.74, 6) is 0.798. The van der Waals surface area contributed by atoms with Crippen LogP contribution in [-0.4, -0.2) is 36.4 Å². The van der Waals surface area contributed by atoms with Crippen molar-refractivity contribution in [2.75, 3.05) is 24.6 Å². The molecule has 162 valence electrons. The number of hydrogen-bond acceptors (Lipinski definition) is 4. The van der Waals surface area contributed by atoms with Gasteiger partial charge in [-0.1, -0.05) is 37.6 Å². The molecule has 0 bridgehead atoms. The number of hydrogen-bond donors (Lipinski definition) is 0. The van der Waals surface area contributed by atoms with Gasteiger partial charge in [-0.2, -0.15) is 0 Å². The molecule has 1 saturated heterocycles. The maximum Gasteiger partial charge on any atom is 0.282 e. The third-order valence-corrected chi connectivity index (χ3v) is 6.11. The average molecular weight is 439 g/mol. The lowest BCUT2D eigenvalue weighted by atomic mass is 9.97. The molecule has 0 radical (unpaired) electrons. The number of rotatable bonds is 6. The van der Waals surface area contributed by atoms with Crippen LogP contribution in [0.25, 0.3) is 5.57 Å². The molecular formula is C25H27ClN2O3. The highest BCUT2D eigenvalue weighted by Crippen LogP contribution is 2.37. The number of ether oxygens (including phenoxy) is 1. The van der Waals surface area contributed by atoms with Gasteiger partial charge in [-0.05, 0) is 67.1 Å². The predicted molar refractivity (Wildman–Crippen MR) is 123 cm³/mol. The molecule has 2 aliphatic heterocycles. The molecule has 2 aromatic carbocycles. The zero-order chi connectivity index (χ0) is 22.0. The van der Waals surface area contributed by atoms with Crippen LogP contribution in [-0.2, 0) is 9.59 Å². The van der Waals surface area contributed by atoms with Gasteiger partial charge in [-0.15, -0.1) is 0 Å². The molecule has 2 heterocycles. The van der Waals surface area contributed by atoms with E-state index in [1.807, 2.05) is 24.3 Å². The SMILES string of the molecule is CCCOc1ccc(C2=C(N3CCC(C)CC3)C(=O)N(c3ccc(Cl)cc3)C2=O)cc1. The summed E-state index contributed by atoms with van der Waals surface area (Å²) in [7, 11) is 0. The van der Waals surface area contributed by atoms with Gasteiger partial charge in [0.1, 0.15) is 11.4 Å². The maximum absolute atomic E-state index is 13.5. The van der Waals surface area contributed by atoms with Gasteiger partial charge >= 0.3 is 0 Å². The molecular weight excluding hydrogens is 412 g/mol. The normalized spacial score (nSPS) is 17.6. The van der Waals surface area contributed by atoms with E-state index in [-0.39, 0.29) is 11.8 Å². The lowest BCUT2D eigenvalue weighted by molar-refractivity contribution is -0.120. The highest BCUT2D eigenvalue weighted by molar-refractivity contribution is 6.45. The van der Waals surface area contributed by atoms with E-state index in [1.54, 1.807) is 24.3 Å². The van der Waals surface area contributed by atoms with Crippen LogP contribution < -0.4 is 9.64 Å². The Morgan fingerprint density at radius 2 is 1.61 bits per heavy atom. The van der Waals surface area contributed by atoms with Crippen molar-refractivity contribution in [1.82, 2.24) is 4.90 Å². The second-order valence-electron chi connectivity index (χ2n) is 8.19. The quantitative estimate of drug-likeness (QED) is 0.585. The van der Waals surface area contributed by atoms with Gasteiger partial charge in [0.15, 0.2) is 0 Å². The number of halogens is 1. The van der Waals surface area contributed by atoms with Gasteiger partial charge in [0.05, 0.1) is 17.9 Å². The Kier molecular flexibility index (Phi) is 6.33. The van der Waals surface area contributed by atoms with Crippen LogP contribution in [0.2, 0.25) is 5.02 Å². The van der Waals surface area contributed by atoms with E-state index in [4.69, 9.17) is 16.3 Å². The lowest BCUT2D eigenvalue weighted by Gasteiger charge is -2.32. The Labute approximate surface area is 188 Å². The van der Waals surface area contributed by atoms with Gasteiger partial charge in [0.25, 0.3) is 11.8 Å². The first-order valence-electron chi connectivity index (χ1n) is 10.9. The fraction of sp³-hybridized carbons (Fsp3) is 0.360. The summed E-state index contributed by atoms with van der Waals surface area (Å²) in [6.45, 7) is 6.46. The molecule has 0 aromatic heterocycles. The first-order chi connectivity index (χ1) is 15.0. The van der Waals surface area contributed by atoms with Gasteiger partial charge in [-0.25, -0.2) is 4.90 Å². The number of carbonyl (C=O) groups excluding carboxylic acids is 2. The van der Waals surface area contributed by atoms with Gasteiger partial charge in [0, 0.05) is 18.1 Å². The summed E-state index contributed by atoms with van der Waals surface area (Å²) in [4.78, 5) is 30.4. The van der Waals surface area contributed by atoms with Gasteiger partial charge in [-0.3, -0.25) is 9.59 Å². The van der Waals surface area contributed by atoms with Crippen molar-refractivity contribution in [2.45, 2.75) is 33.1 Å². The molecule has 0 aliphatic carbocycles. The zero-order valence-electron chi connectivity index (χ0n) is 17.9. The molecule has 0 atom stereocenters. The van der Waals surface area contributed by atoms with Crippen molar-refractivity contribution in [2.24, 2.45) is 5.92 Å². The largest absolute Gasteiger partial charge is 0.494 e. The summed E-state index contributed by atoms with van der Waals surface area (Å²) in [5, 5.41) is 0.559. The van der Waals surface area contributed by atoms with Crippen molar-refractivity contribution >= 4 is 34.7 Å². The summed E-state index contributed by atoms with van der Waals surface area (Å²) in [6.07, 6.45) is 2.93. The second-order valence-corrected chi connectivity index (χ2v) is 8.62. The Morgan fingerprint density at radius 3 is 2.23 bits per heavy atom. The van der Waals surface area contributed by atoms with Crippen molar-refractivity contribution in [3.63, 3.8) is 0 Å². The summed E-state index contributed by atoms with van der Waals surface area (Å²) in [6, 6.07) is 14.2. The van der Waals surface area contributed by atoms with Crippen molar-refractivity contribution in [1.29, 1.82) is 0 Å². The monoisotopic (exact) mass is 438 g/mol. The van der Waals surface area contributed by atoms with E-state index in [0.29, 0.717) is 34.5 Å². The highest BCUT2D eigenvalue weighted by Gasteiger charge is 2.42. The van der Waals surface area contributed by atoms with Crippen LogP contribution >= 0.6 is 11.6 Å². The summed E-state index contributed by atoms with van der Waals surface area (Å²) >= 11 is 6.01. The fourth-order valence-corrected chi connectivity index (χ4v) is 4.19. The maximum atomic E-state index is 13.5. The molecule has 0 N–H and O–H groups in total. The Bertz CT molecular complexity index is 990. The lowest BCUT2D eigenvalue weighted by Crippen LogP contribution is -2.38. The van der Waals surface area contributed by atoms with E-state index < -0.39 is 0 Å². The summed E-state index contributed by atoms with van der Waals surface area (Å²) in [5.41, 5.74) is 2.21. The number of carbonyl (C=O) groups is 2. The van der Waals surface area contributed by atoms with Crippen molar-refractivity contribution in [3.8, 4) is 5.75 Å². The van der Waals surface area contributed by atoms with Crippen LogP contribution in [0.4, 0.5) is 5.69 Å². The predicted octanol–water partition coefficient (Wildman–Crippen LogP) is 5.15. The molecule has 2 aromatic rings. The molecule has 2 aliphatic rings. The number of anilines is 1. The molecule has 6 heteroatoms. The van der Waals surface area contributed by atoms with E-state index in [9.17, 15) is 9.59 Å². The molecule has 4 rings (SSSR count). The van der Waals surface area contributed by atoms with Crippen molar-refractivity contribution in [3.05, 3.63) is 64.8 Å². The van der Waals surface area contributed by atoms with Crippen LogP contribution in [0.15, 0.2) is 54.2 Å². The van der Waals surface area contributed by atoms with Crippen LogP contribution in [0.5, 0.6) is 5.75 Å². The van der Waals surface area contributed by atoms with Crippen LogP contribution in [0.1, 0.15) is 38.7 Å². The third-order valence-electron chi connectivity index (χ3n) is 5.86. The van der Waals surface area contributed by atoms with E-state index in [1.165, 1.54) is 4.90 Å². The minimum atomic E-state index is -0.303. The summed E-state index contributed by atoms with van der Waals surface area (Å²) < 4.78 is 5.68. The Hall–Kier alpha value is -2.79. The molecule has 5 nitrogen and oxygen atoms in total. The molecule has 2 amide bonds. The van der Waals surface area contributed by atoms with Crippen LogP contribution in [0.3, 0.4) is 0 Å². The van der Waals surface area contributed by atoms with Gasteiger partial charge < -0.3 is 9.64 Å². The topological polar surface area (TPSA) is 49.9 Å². The smallest absolute Gasteiger partial charge is 0.282 e. The molecule has 0 saturated carbocycles. The minimum absolute atomic E-state index is 0.275. The Balaban J connectivity index is 1.73. The number of imide groups is 1. The molecule has 31 heavy (non-hydrogen) atoms.